The minimum absolute atomic E-state index is 0.0512. The molecule has 68 valence electrons. The van der Waals surface area contributed by atoms with Crippen LogP contribution in [0.5, 0.6) is 0 Å². The molecular formula is C8H14N2O2. The summed E-state index contributed by atoms with van der Waals surface area (Å²) in [6.45, 7) is 3.74. The molecule has 0 spiro atoms. The molecule has 0 aromatic rings. The average molecular weight is 170 g/mol. The smallest absolute Gasteiger partial charge is 0.356 e. The summed E-state index contributed by atoms with van der Waals surface area (Å²) in [5.41, 5.74) is 5.37. The van der Waals surface area contributed by atoms with Gasteiger partial charge in [0.05, 0.1) is 7.11 Å². The minimum Gasteiger partial charge on any atom is -0.464 e. The number of ether oxygens (including phenoxy) is 1. The van der Waals surface area contributed by atoms with Gasteiger partial charge in [-0.3, -0.25) is 4.99 Å². The molecule has 0 rings (SSSR count). The summed E-state index contributed by atoms with van der Waals surface area (Å²) in [5.74, 6) is -0.467. The highest BCUT2D eigenvalue weighted by atomic mass is 16.5. The molecule has 0 bridgehead atoms. The highest BCUT2D eigenvalue weighted by Gasteiger charge is 2.07. The van der Waals surface area contributed by atoms with Crippen LogP contribution in [-0.2, 0) is 9.53 Å². The third-order valence-corrected chi connectivity index (χ3v) is 1.05. The Morgan fingerprint density at radius 2 is 2.17 bits per heavy atom. The molecule has 0 radical (unpaired) electrons. The fourth-order valence-electron chi connectivity index (χ4n) is 0.638. The van der Waals surface area contributed by atoms with Crippen LogP contribution in [-0.4, -0.2) is 24.8 Å². The Morgan fingerprint density at radius 3 is 2.50 bits per heavy atom. The van der Waals surface area contributed by atoms with Crippen molar-refractivity contribution in [1.82, 2.24) is 0 Å². The van der Waals surface area contributed by atoms with Crippen LogP contribution in [0.3, 0.4) is 0 Å². The fraction of sp³-hybridized carbons (Fsp3) is 0.500. The molecule has 0 saturated heterocycles. The molecule has 0 heterocycles. The number of nitrogens with zero attached hydrogens (tertiary/aromatic N) is 1. The Morgan fingerprint density at radius 1 is 1.58 bits per heavy atom. The molecule has 0 amide bonds. The predicted octanol–water partition coefficient (Wildman–Crippen LogP) is 0.481. The summed E-state index contributed by atoms with van der Waals surface area (Å²) < 4.78 is 4.49. The van der Waals surface area contributed by atoms with Crippen molar-refractivity contribution in [2.75, 3.05) is 7.11 Å². The molecular weight excluding hydrogens is 156 g/mol. The summed E-state index contributed by atoms with van der Waals surface area (Å²) in [5, 5.41) is 0. The normalized spacial score (nSPS) is 12.5. The van der Waals surface area contributed by atoms with E-state index in [1.807, 2.05) is 13.8 Å². The number of methoxy groups -OCH3 is 1. The van der Waals surface area contributed by atoms with Crippen LogP contribution < -0.4 is 5.73 Å². The standard InChI is InChI=1S/C8H14N2O2/c1-6(2)10-7(4-5-9)8(11)12-3/h4-6H,9H2,1-3H3. The van der Waals surface area contributed by atoms with Crippen LogP contribution in [0.25, 0.3) is 0 Å². The van der Waals surface area contributed by atoms with Crippen molar-refractivity contribution in [3.63, 3.8) is 0 Å². The van der Waals surface area contributed by atoms with E-state index in [2.05, 4.69) is 9.73 Å². The number of esters is 1. The predicted molar refractivity (Wildman–Crippen MR) is 47.9 cm³/mol. The van der Waals surface area contributed by atoms with Crippen LogP contribution in [0, 0.1) is 0 Å². The Labute approximate surface area is 72.1 Å². The van der Waals surface area contributed by atoms with E-state index >= 15 is 0 Å². The van der Waals surface area contributed by atoms with Crippen LogP contribution in [0.1, 0.15) is 13.8 Å². The van der Waals surface area contributed by atoms with Gasteiger partial charge in [-0.05, 0) is 26.1 Å². The SMILES string of the molecule is COC(=O)C(C=CN)=NC(C)C. The number of rotatable bonds is 3. The lowest BCUT2D eigenvalue weighted by atomic mass is 10.3. The zero-order valence-electron chi connectivity index (χ0n) is 7.57. The van der Waals surface area contributed by atoms with Gasteiger partial charge in [-0.15, -0.1) is 0 Å². The summed E-state index contributed by atoms with van der Waals surface area (Å²) >= 11 is 0. The van der Waals surface area contributed by atoms with E-state index in [4.69, 9.17) is 5.73 Å². The lowest BCUT2D eigenvalue weighted by Crippen LogP contribution is -2.15. The molecule has 12 heavy (non-hydrogen) atoms. The lowest BCUT2D eigenvalue weighted by molar-refractivity contribution is -0.132. The molecule has 0 unspecified atom stereocenters. The van der Waals surface area contributed by atoms with E-state index in [-0.39, 0.29) is 11.8 Å². The topological polar surface area (TPSA) is 64.7 Å². The van der Waals surface area contributed by atoms with Crippen molar-refractivity contribution < 1.29 is 9.53 Å². The Hall–Kier alpha value is -1.32. The molecule has 4 nitrogen and oxygen atoms in total. The third-order valence-electron chi connectivity index (χ3n) is 1.05. The van der Waals surface area contributed by atoms with Gasteiger partial charge in [-0.1, -0.05) is 0 Å². The molecule has 0 aliphatic rings. The van der Waals surface area contributed by atoms with E-state index in [0.717, 1.165) is 0 Å². The van der Waals surface area contributed by atoms with Crippen LogP contribution >= 0.6 is 0 Å². The summed E-state index contributed by atoms with van der Waals surface area (Å²) in [6, 6.07) is 0.0512. The van der Waals surface area contributed by atoms with Crippen molar-refractivity contribution >= 4 is 11.7 Å². The van der Waals surface area contributed by atoms with Crippen molar-refractivity contribution in [2.24, 2.45) is 10.7 Å². The van der Waals surface area contributed by atoms with E-state index in [0.29, 0.717) is 0 Å². The van der Waals surface area contributed by atoms with Crippen molar-refractivity contribution in [1.29, 1.82) is 0 Å². The zero-order chi connectivity index (χ0) is 9.56. The lowest BCUT2D eigenvalue weighted by Gasteiger charge is -2.00. The number of nitrogens with two attached hydrogens (primary N) is 1. The zero-order valence-corrected chi connectivity index (χ0v) is 7.57. The second kappa shape index (κ2) is 5.35. The monoisotopic (exact) mass is 170 g/mol. The Balaban J connectivity index is 4.54. The van der Waals surface area contributed by atoms with Gasteiger partial charge in [0, 0.05) is 6.04 Å². The van der Waals surface area contributed by atoms with Gasteiger partial charge in [0.1, 0.15) is 5.71 Å². The molecule has 0 fully saturated rings. The van der Waals surface area contributed by atoms with Crippen LogP contribution in [0.2, 0.25) is 0 Å². The van der Waals surface area contributed by atoms with E-state index < -0.39 is 5.97 Å². The summed E-state index contributed by atoms with van der Waals surface area (Å²) in [7, 11) is 1.31. The summed E-state index contributed by atoms with van der Waals surface area (Å²) in [4.78, 5) is 15.0. The van der Waals surface area contributed by atoms with E-state index in [9.17, 15) is 4.79 Å². The maximum absolute atomic E-state index is 11.0. The van der Waals surface area contributed by atoms with E-state index in [1.165, 1.54) is 19.4 Å². The van der Waals surface area contributed by atoms with Gasteiger partial charge in [0.25, 0.3) is 0 Å². The van der Waals surface area contributed by atoms with Gasteiger partial charge in [-0.2, -0.15) is 0 Å². The summed E-state index contributed by atoms with van der Waals surface area (Å²) in [6.07, 6.45) is 2.68. The van der Waals surface area contributed by atoms with Gasteiger partial charge in [0.2, 0.25) is 0 Å². The van der Waals surface area contributed by atoms with Crippen LogP contribution in [0.4, 0.5) is 0 Å². The van der Waals surface area contributed by atoms with Crippen molar-refractivity contribution in [3.05, 3.63) is 12.3 Å². The molecule has 0 aliphatic heterocycles. The number of carbonyl (C=O) groups is 1. The second-order valence-corrected chi connectivity index (χ2v) is 2.46. The molecule has 0 aromatic carbocycles. The van der Waals surface area contributed by atoms with Gasteiger partial charge < -0.3 is 10.5 Å². The molecule has 2 N–H and O–H groups in total. The molecule has 0 atom stereocenters. The first kappa shape index (κ1) is 10.7. The third kappa shape index (κ3) is 3.75. The maximum atomic E-state index is 11.0. The highest BCUT2D eigenvalue weighted by molar-refractivity contribution is 6.41. The first-order chi connectivity index (χ1) is 5.61. The quantitative estimate of drug-likeness (QED) is 0.495. The molecule has 0 saturated carbocycles. The Bertz CT molecular complexity index is 207. The number of hydrogen-bond acceptors (Lipinski definition) is 4. The number of hydrogen-bond donors (Lipinski definition) is 1. The van der Waals surface area contributed by atoms with Gasteiger partial charge in [-0.25, -0.2) is 4.79 Å². The Kier molecular flexibility index (Phi) is 4.76. The maximum Gasteiger partial charge on any atom is 0.356 e. The van der Waals surface area contributed by atoms with Gasteiger partial charge in [0.15, 0.2) is 0 Å². The highest BCUT2D eigenvalue weighted by Crippen LogP contribution is 1.92. The average Bonchev–Trinajstić information content (AvgIpc) is 2.01. The first-order valence-corrected chi connectivity index (χ1v) is 3.66. The second-order valence-electron chi connectivity index (χ2n) is 2.46. The molecule has 4 heteroatoms. The fourth-order valence-corrected chi connectivity index (χ4v) is 0.638. The van der Waals surface area contributed by atoms with Gasteiger partial charge >= 0.3 is 5.97 Å². The molecule has 0 aromatic heterocycles. The van der Waals surface area contributed by atoms with Crippen molar-refractivity contribution in [2.45, 2.75) is 19.9 Å². The number of aliphatic imine (C=N–C) groups is 1. The first-order valence-electron chi connectivity index (χ1n) is 3.66. The minimum atomic E-state index is -0.467. The van der Waals surface area contributed by atoms with Crippen LogP contribution in [0.15, 0.2) is 17.3 Å². The van der Waals surface area contributed by atoms with Crippen molar-refractivity contribution in [3.8, 4) is 0 Å². The largest absolute Gasteiger partial charge is 0.464 e. The number of carbonyl (C=O) groups excluding carboxylic acids is 1. The van der Waals surface area contributed by atoms with E-state index in [1.54, 1.807) is 0 Å². The molecule has 0 aliphatic carbocycles.